The SMILES string of the molecule is C.CC(=O)O.[Fe]. The molecule has 0 saturated heterocycles. The Morgan fingerprint density at radius 1 is 1.67 bits per heavy atom. The number of carbonyl (C=O) groups is 1. The standard InChI is InChI=1S/C2H4O2.CH4.Fe/c1-2(3)4;;/h1H3,(H,3,4);1H4;. The van der Waals surface area contributed by atoms with Gasteiger partial charge in [-0.3, -0.25) is 4.79 Å². The molecule has 40 valence electrons. The van der Waals surface area contributed by atoms with Crippen LogP contribution in [0.25, 0.3) is 0 Å². The number of rotatable bonds is 0. The van der Waals surface area contributed by atoms with Crippen molar-refractivity contribution < 1.29 is 27.0 Å². The van der Waals surface area contributed by atoms with Crippen LogP contribution in [0.4, 0.5) is 0 Å². The quantitative estimate of drug-likeness (QED) is 0.493. The summed E-state index contributed by atoms with van der Waals surface area (Å²) in [7, 11) is 0. The average molecular weight is 132 g/mol. The third kappa shape index (κ3) is 322000. The van der Waals surface area contributed by atoms with Crippen molar-refractivity contribution in [2.24, 2.45) is 0 Å². The zero-order valence-corrected chi connectivity index (χ0v) is 3.81. The second-order valence-electron chi connectivity index (χ2n) is 0.519. The first-order valence-electron chi connectivity index (χ1n) is 0.928. The summed E-state index contributed by atoms with van der Waals surface area (Å²) in [6, 6.07) is 0. The zero-order valence-electron chi connectivity index (χ0n) is 2.71. The van der Waals surface area contributed by atoms with E-state index in [0.717, 1.165) is 6.92 Å². The van der Waals surface area contributed by atoms with Crippen LogP contribution < -0.4 is 0 Å². The predicted octanol–water partition coefficient (Wildman–Crippen LogP) is 0.724. The Morgan fingerprint density at radius 2 is 1.67 bits per heavy atom. The summed E-state index contributed by atoms with van der Waals surface area (Å²) in [6.45, 7) is 1.08. The molecule has 0 bridgehead atoms. The van der Waals surface area contributed by atoms with Gasteiger partial charge in [-0.1, -0.05) is 7.43 Å². The molecule has 0 aromatic carbocycles. The van der Waals surface area contributed by atoms with E-state index in [1.807, 2.05) is 0 Å². The third-order valence-corrected chi connectivity index (χ3v) is 0. The molecule has 0 amide bonds. The van der Waals surface area contributed by atoms with Crippen LogP contribution in [0, 0.1) is 0 Å². The second-order valence-corrected chi connectivity index (χ2v) is 0.519. The van der Waals surface area contributed by atoms with E-state index >= 15 is 0 Å². The average Bonchev–Trinajstić information content (AvgIpc) is 0.811. The maximum Gasteiger partial charge on any atom is 0.300 e. The van der Waals surface area contributed by atoms with Gasteiger partial charge in [0.1, 0.15) is 0 Å². The summed E-state index contributed by atoms with van der Waals surface area (Å²) in [5, 5.41) is 7.42. The summed E-state index contributed by atoms with van der Waals surface area (Å²) < 4.78 is 0. The predicted molar refractivity (Wildman–Crippen MR) is 20.0 cm³/mol. The fraction of sp³-hybridized carbons (Fsp3) is 0.667. The smallest absolute Gasteiger partial charge is 0.300 e. The number of aliphatic carboxylic acids is 1. The molecule has 0 unspecified atom stereocenters. The molecule has 2 nitrogen and oxygen atoms in total. The molecule has 0 saturated carbocycles. The van der Waals surface area contributed by atoms with Gasteiger partial charge in [0.05, 0.1) is 0 Å². The Bertz CT molecular complexity index is 31.8. The summed E-state index contributed by atoms with van der Waals surface area (Å²) in [6.07, 6.45) is 0. The van der Waals surface area contributed by atoms with Gasteiger partial charge in [-0.2, -0.15) is 0 Å². The van der Waals surface area contributed by atoms with Crippen LogP contribution in [0.3, 0.4) is 0 Å². The fourth-order valence-corrected chi connectivity index (χ4v) is 0. The molecule has 1 N–H and O–H groups in total. The van der Waals surface area contributed by atoms with Crippen LogP contribution in [-0.2, 0) is 21.9 Å². The molecule has 0 radical (unpaired) electrons. The number of carboxylic acids is 1. The number of hydrogen-bond donors (Lipinski definition) is 1. The minimum atomic E-state index is -0.833. The molecule has 0 aromatic rings. The molecule has 0 atom stereocenters. The Kier molecular flexibility index (Phi) is 24.7. The van der Waals surface area contributed by atoms with E-state index in [0.29, 0.717) is 0 Å². The zero-order chi connectivity index (χ0) is 3.58. The van der Waals surface area contributed by atoms with Crippen LogP contribution in [0.5, 0.6) is 0 Å². The molecule has 0 spiro atoms. The molecule has 0 aromatic heterocycles. The van der Waals surface area contributed by atoms with Gasteiger partial charge in [0.2, 0.25) is 0 Å². The van der Waals surface area contributed by atoms with Crippen LogP contribution >= 0.6 is 0 Å². The van der Waals surface area contributed by atoms with Crippen molar-refractivity contribution in [1.82, 2.24) is 0 Å². The first-order chi connectivity index (χ1) is 1.73. The van der Waals surface area contributed by atoms with Gasteiger partial charge in [-0.25, -0.2) is 0 Å². The monoisotopic (exact) mass is 132 g/mol. The maximum atomic E-state index is 9.00. The van der Waals surface area contributed by atoms with E-state index < -0.39 is 5.97 Å². The van der Waals surface area contributed by atoms with E-state index in [9.17, 15) is 0 Å². The van der Waals surface area contributed by atoms with Crippen molar-refractivity contribution in [3.05, 3.63) is 0 Å². The van der Waals surface area contributed by atoms with Crippen molar-refractivity contribution >= 4 is 5.97 Å². The largest absolute Gasteiger partial charge is 0.481 e. The third-order valence-electron chi connectivity index (χ3n) is 0. The summed E-state index contributed by atoms with van der Waals surface area (Å²) >= 11 is 0. The van der Waals surface area contributed by atoms with Crippen LogP contribution in [-0.4, -0.2) is 11.1 Å². The molecule has 0 aliphatic rings. The van der Waals surface area contributed by atoms with Gasteiger partial charge in [0.25, 0.3) is 5.97 Å². The van der Waals surface area contributed by atoms with E-state index in [-0.39, 0.29) is 24.5 Å². The van der Waals surface area contributed by atoms with Gasteiger partial charge in [-0.05, 0) is 0 Å². The molecule has 0 rings (SSSR count). The molecule has 0 fully saturated rings. The normalized spacial score (nSPS) is 4.17. The maximum absolute atomic E-state index is 9.00. The number of carboxylic acid groups (broad SMARTS) is 1. The summed E-state index contributed by atoms with van der Waals surface area (Å²) in [5.41, 5.74) is 0. The van der Waals surface area contributed by atoms with Crippen molar-refractivity contribution in [2.75, 3.05) is 0 Å². The molecular weight excluding hydrogens is 124 g/mol. The van der Waals surface area contributed by atoms with Gasteiger partial charge in [-0.15, -0.1) is 0 Å². The first-order valence-corrected chi connectivity index (χ1v) is 0.928. The van der Waals surface area contributed by atoms with Crippen LogP contribution in [0.2, 0.25) is 0 Å². The van der Waals surface area contributed by atoms with Crippen LogP contribution in [0.1, 0.15) is 14.4 Å². The van der Waals surface area contributed by atoms with Gasteiger partial charge in [0.15, 0.2) is 0 Å². The molecule has 3 heteroatoms. The minimum absolute atomic E-state index is 0. The van der Waals surface area contributed by atoms with E-state index in [1.165, 1.54) is 0 Å². The topological polar surface area (TPSA) is 37.3 Å². The van der Waals surface area contributed by atoms with Crippen molar-refractivity contribution in [2.45, 2.75) is 14.4 Å². The van der Waals surface area contributed by atoms with Crippen molar-refractivity contribution in [3.8, 4) is 0 Å². The van der Waals surface area contributed by atoms with Crippen molar-refractivity contribution in [3.63, 3.8) is 0 Å². The van der Waals surface area contributed by atoms with E-state index in [1.54, 1.807) is 0 Å². The van der Waals surface area contributed by atoms with Gasteiger partial charge < -0.3 is 5.11 Å². The molecule has 0 aliphatic heterocycles. The van der Waals surface area contributed by atoms with Gasteiger partial charge in [0, 0.05) is 24.0 Å². The molecule has 0 aliphatic carbocycles. The number of hydrogen-bond acceptors (Lipinski definition) is 1. The first kappa shape index (κ1) is 16.7. The Morgan fingerprint density at radius 3 is 1.67 bits per heavy atom. The molecular formula is C3H8FeO2. The Balaban J connectivity index is -0.0000000450. The minimum Gasteiger partial charge on any atom is -0.481 e. The molecule has 0 heterocycles. The van der Waals surface area contributed by atoms with Gasteiger partial charge >= 0.3 is 0 Å². The van der Waals surface area contributed by atoms with Crippen molar-refractivity contribution in [1.29, 1.82) is 0 Å². The van der Waals surface area contributed by atoms with Crippen LogP contribution in [0.15, 0.2) is 0 Å². The summed E-state index contributed by atoms with van der Waals surface area (Å²) in [4.78, 5) is 9.00. The Labute approximate surface area is 48.0 Å². The summed E-state index contributed by atoms with van der Waals surface area (Å²) in [5.74, 6) is -0.833. The van der Waals surface area contributed by atoms with E-state index in [4.69, 9.17) is 9.90 Å². The molecule has 6 heavy (non-hydrogen) atoms. The fourth-order valence-electron chi connectivity index (χ4n) is 0. The Hall–Kier alpha value is -0.0105. The van der Waals surface area contributed by atoms with E-state index in [2.05, 4.69) is 0 Å². The second kappa shape index (κ2) is 8.89.